The molecule has 1 fully saturated rings. The lowest BCUT2D eigenvalue weighted by atomic mass is 10.1. The number of carbonyl (C=O) groups excluding carboxylic acids is 1. The van der Waals surface area contributed by atoms with E-state index in [-0.39, 0.29) is 12.5 Å². The van der Waals surface area contributed by atoms with Gasteiger partial charge in [0.2, 0.25) is 11.9 Å². The molecule has 1 saturated heterocycles. The Labute approximate surface area is 207 Å². The van der Waals surface area contributed by atoms with E-state index in [0.717, 1.165) is 48.8 Å². The third-order valence-corrected chi connectivity index (χ3v) is 6.26. The van der Waals surface area contributed by atoms with Crippen LogP contribution in [0.5, 0.6) is 0 Å². The Morgan fingerprint density at radius 1 is 1.00 bits per heavy atom. The van der Waals surface area contributed by atoms with Crippen LogP contribution in [0.25, 0.3) is 11.1 Å². The summed E-state index contributed by atoms with van der Waals surface area (Å²) in [4.78, 5) is 29.5. The Bertz CT molecular complexity index is 1140. The van der Waals surface area contributed by atoms with Crippen molar-refractivity contribution in [2.24, 2.45) is 5.73 Å². The second-order valence-corrected chi connectivity index (χ2v) is 8.77. The van der Waals surface area contributed by atoms with Crippen molar-refractivity contribution in [2.75, 3.05) is 61.5 Å². The van der Waals surface area contributed by atoms with Crippen molar-refractivity contribution in [2.45, 2.75) is 6.54 Å². The van der Waals surface area contributed by atoms with Crippen molar-refractivity contribution in [1.82, 2.24) is 14.9 Å². The summed E-state index contributed by atoms with van der Waals surface area (Å²) in [5, 5.41) is 0. The lowest BCUT2D eigenvalue weighted by Gasteiger charge is -2.36. The van der Waals surface area contributed by atoms with E-state index in [1.54, 1.807) is 0 Å². The number of hydrogen-bond acceptors (Lipinski definition) is 7. The van der Waals surface area contributed by atoms with Crippen LogP contribution < -0.4 is 20.4 Å². The van der Waals surface area contributed by atoms with E-state index < -0.39 is 0 Å². The number of anilines is 3. The van der Waals surface area contributed by atoms with Crippen molar-refractivity contribution < 1.29 is 4.79 Å². The molecule has 0 saturated carbocycles. The predicted molar refractivity (Wildman–Crippen MR) is 142 cm³/mol. The predicted octanol–water partition coefficient (Wildman–Crippen LogP) is 2.97. The largest absolute Gasteiger partial charge is 0.378 e. The highest BCUT2D eigenvalue weighted by molar-refractivity contribution is 5.79. The molecular formula is C27H33N7O. The molecular weight excluding hydrogens is 438 g/mol. The van der Waals surface area contributed by atoms with Crippen molar-refractivity contribution in [1.29, 1.82) is 0 Å². The molecule has 1 aliphatic rings. The summed E-state index contributed by atoms with van der Waals surface area (Å²) in [6, 6.07) is 16.7. The summed E-state index contributed by atoms with van der Waals surface area (Å²) in [5.74, 6) is 0.586. The van der Waals surface area contributed by atoms with Gasteiger partial charge in [0.05, 0.1) is 13.1 Å². The van der Waals surface area contributed by atoms with Crippen molar-refractivity contribution in [3.05, 3.63) is 79.3 Å². The van der Waals surface area contributed by atoms with Crippen LogP contribution in [0.15, 0.2) is 73.7 Å². The van der Waals surface area contributed by atoms with Crippen LogP contribution in [0.1, 0.15) is 5.56 Å². The molecule has 2 N–H and O–H groups in total. The van der Waals surface area contributed by atoms with Crippen LogP contribution in [-0.4, -0.2) is 67.6 Å². The van der Waals surface area contributed by atoms with Crippen molar-refractivity contribution >= 4 is 23.2 Å². The summed E-state index contributed by atoms with van der Waals surface area (Å²) < 4.78 is 0. The van der Waals surface area contributed by atoms with Crippen LogP contribution in [-0.2, 0) is 11.3 Å². The number of nitrogens with two attached hydrogens (primary N) is 1. The third-order valence-electron chi connectivity index (χ3n) is 6.26. The average molecular weight is 472 g/mol. The minimum Gasteiger partial charge on any atom is -0.378 e. The van der Waals surface area contributed by atoms with Gasteiger partial charge in [-0.2, -0.15) is 0 Å². The molecule has 182 valence electrons. The first-order chi connectivity index (χ1) is 17.0. The van der Waals surface area contributed by atoms with Crippen LogP contribution in [0, 0.1) is 0 Å². The normalized spacial score (nSPS) is 13.5. The highest BCUT2D eigenvalue weighted by atomic mass is 16.2. The highest BCUT2D eigenvalue weighted by Gasteiger charge is 2.19. The van der Waals surface area contributed by atoms with Gasteiger partial charge in [0.1, 0.15) is 0 Å². The van der Waals surface area contributed by atoms with E-state index in [2.05, 4.69) is 69.6 Å². The number of carbonyl (C=O) groups is 1. The van der Waals surface area contributed by atoms with Gasteiger partial charge in [-0.1, -0.05) is 24.8 Å². The summed E-state index contributed by atoms with van der Waals surface area (Å²) in [7, 11) is 4.11. The first-order valence-electron chi connectivity index (χ1n) is 11.8. The molecule has 0 atom stereocenters. The molecule has 1 aliphatic heterocycles. The smallest absolute Gasteiger partial charge is 0.240 e. The monoisotopic (exact) mass is 471 g/mol. The van der Waals surface area contributed by atoms with Gasteiger partial charge in [-0.25, -0.2) is 9.97 Å². The summed E-state index contributed by atoms with van der Waals surface area (Å²) in [6.45, 7) is 7.69. The molecule has 8 nitrogen and oxygen atoms in total. The second kappa shape index (κ2) is 11.0. The van der Waals surface area contributed by atoms with E-state index in [1.165, 1.54) is 22.5 Å². The lowest BCUT2D eigenvalue weighted by Crippen LogP contribution is -2.47. The van der Waals surface area contributed by atoms with Gasteiger partial charge in [0, 0.05) is 69.6 Å². The zero-order chi connectivity index (χ0) is 24.8. The average Bonchev–Trinajstić information content (AvgIpc) is 2.91. The Morgan fingerprint density at radius 2 is 1.66 bits per heavy atom. The number of piperazine rings is 1. The van der Waals surface area contributed by atoms with Gasteiger partial charge in [-0.05, 0) is 47.7 Å². The summed E-state index contributed by atoms with van der Waals surface area (Å²) in [6.07, 6.45) is 5.24. The van der Waals surface area contributed by atoms with Gasteiger partial charge >= 0.3 is 0 Å². The van der Waals surface area contributed by atoms with Gasteiger partial charge < -0.3 is 25.3 Å². The minimum absolute atomic E-state index is 0.0436. The number of nitrogens with zero attached hydrogens (tertiary/aromatic N) is 6. The van der Waals surface area contributed by atoms with Gasteiger partial charge in [-0.15, -0.1) is 0 Å². The first kappa shape index (κ1) is 24.2. The Hall–Kier alpha value is -3.91. The zero-order valence-corrected chi connectivity index (χ0v) is 20.5. The van der Waals surface area contributed by atoms with E-state index in [4.69, 9.17) is 5.73 Å². The Morgan fingerprint density at radius 3 is 2.26 bits per heavy atom. The molecule has 0 spiro atoms. The molecule has 0 unspecified atom stereocenters. The first-order valence-corrected chi connectivity index (χ1v) is 11.8. The molecule has 0 bridgehead atoms. The molecule has 0 aliphatic carbocycles. The molecule has 2 heterocycles. The van der Waals surface area contributed by atoms with E-state index in [0.29, 0.717) is 6.54 Å². The quantitative estimate of drug-likeness (QED) is 0.541. The maximum Gasteiger partial charge on any atom is 0.240 e. The number of amides is 1. The minimum atomic E-state index is -0.163. The van der Waals surface area contributed by atoms with Gasteiger partial charge in [-0.3, -0.25) is 4.79 Å². The summed E-state index contributed by atoms with van der Waals surface area (Å²) >= 11 is 0. The standard InChI is InChI=1S/C27H33N7O/c1-4-32(26(35)17-28)20-21-6-5-7-22(16-21)23-18-29-27(30-19-23)34-14-12-33(13-15-34)25-10-8-24(9-11-25)31(2)3/h4-11,16,18-19H,1,12-15,17,20,28H2,2-3H3. The van der Waals surface area contributed by atoms with Crippen LogP contribution in [0.3, 0.4) is 0 Å². The van der Waals surface area contributed by atoms with Crippen molar-refractivity contribution in [3.8, 4) is 11.1 Å². The summed E-state index contributed by atoms with van der Waals surface area (Å²) in [5.41, 5.74) is 10.9. The van der Waals surface area contributed by atoms with Crippen molar-refractivity contribution in [3.63, 3.8) is 0 Å². The number of benzene rings is 2. The Kier molecular flexibility index (Phi) is 7.62. The molecule has 35 heavy (non-hydrogen) atoms. The fraction of sp³-hybridized carbons (Fsp3) is 0.296. The van der Waals surface area contributed by atoms with Gasteiger partial charge in [0.15, 0.2) is 0 Å². The van der Waals surface area contributed by atoms with Crippen LogP contribution >= 0.6 is 0 Å². The molecule has 8 heteroatoms. The molecule has 4 rings (SSSR count). The number of rotatable bonds is 8. The zero-order valence-electron chi connectivity index (χ0n) is 20.5. The second-order valence-electron chi connectivity index (χ2n) is 8.77. The molecule has 1 aromatic heterocycles. The lowest BCUT2D eigenvalue weighted by molar-refractivity contribution is -0.127. The van der Waals surface area contributed by atoms with Crippen LogP contribution in [0.4, 0.5) is 17.3 Å². The number of aromatic nitrogens is 2. The van der Waals surface area contributed by atoms with E-state index in [9.17, 15) is 4.79 Å². The van der Waals surface area contributed by atoms with E-state index >= 15 is 0 Å². The SMILES string of the molecule is C=CN(Cc1cccc(-c2cnc(N3CCN(c4ccc(N(C)C)cc4)CC3)nc2)c1)C(=O)CN. The topological polar surface area (TPSA) is 81.8 Å². The fourth-order valence-electron chi connectivity index (χ4n) is 4.18. The van der Waals surface area contributed by atoms with Gasteiger partial charge in [0.25, 0.3) is 0 Å². The maximum atomic E-state index is 11.9. The molecule has 2 aromatic carbocycles. The maximum absolute atomic E-state index is 11.9. The molecule has 1 amide bonds. The molecule has 3 aromatic rings. The highest BCUT2D eigenvalue weighted by Crippen LogP contribution is 2.24. The number of hydrogen-bond donors (Lipinski definition) is 1. The van der Waals surface area contributed by atoms with Crippen LogP contribution in [0.2, 0.25) is 0 Å². The van der Waals surface area contributed by atoms with E-state index in [1.807, 2.05) is 36.7 Å². The molecule has 0 radical (unpaired) electrons. The fourth-order valence-corrected chi connectivity index (χ4v) is 4.18. The third kappa shape index (κ3) is 5.78. The Balaban J connectivity index is 1.38.